The molecule has 2 rings (SSSR count). The Morgan fingerprint density at radius 3 is 2.67 bits per heavy atom. The normalized spacial score (nSPS) is 18.6. The smallest absolute Gasteiger partial charge is 0.405 e. The molecule has 1 aromatic rings. The lowest BCUT2D eigenvalue weighted by Crippen LogP contribution is -2.52. The fraction of sp³-hybridized carbons (Fsp3) is 0.556. The number of carboxylic acid groups (broad SMARTS) is 1. The fourth-order valence-corrected chi connectivity index (χ4v) is 3.01. The first-order valence-corrected chi connectivity index (χ1v) is 8.40. The molecule has 2 unspecified atom stereocenters. The number of hydrogen-bond acceptors (Lipinski definition) is 3. The Kier molecular flexibility index (Phi) is 6.61. The lowest BCUT2D eigenvalue weighted by atomic mass is 10.0. The van der Waals surface area contributed by atoms with Crippen molar-refractivity contribution in [1.29, 1.82) is 0 Å². The van der Waals surface area contributed by atoms with Crippen molar-refractivity contribution in [3.63, 3.8) is 0 Å². The van der Waals surface area contributed by atoms with Crippen LogP contribution in [0.3, 0.4) is 0 Å². The van der Waals surface area contributed by atoms with Crippen molar-refractivity contribution in [1.82, 2.24) is 10.2 Å². The van der Waals surface area contributed by atoms with Gasteiger partial charge in [0.1, 0.15) is 6.04 Å². The molecule has 24 heavy (non-hydrogen) atoms. The molecule has 6 nitrogen and oxygen atoms in total. The third-order valence-corrected chi connectivity index (χ3v) is 4.29. The molecule has 1 aliphatic rings. The molecule has 2 amide bonds. The molecule has 1 aliphatic heterocycles. The maximum Gasteiger partial charge on any atom is 0.405 e. The Bertz CT molecular complexity index is 547. The van der Waals surface area contributed by atoms with Gasteiger partial charge in [-0.2, -0.15) is 0 Å². The second kappa shape index (κ2) is 8.68. The molecule has 1 aromatic carbocycles. The minimum atomic E-state index is -1.17. The number of carbonyl (C=O) groups excluding carboxylic acids is 1. The van der Waals surface area contributed by atoms with Crippen LogP contribution in [0.15, 0.2) is 30.3 Å². The molecule has 1 saturated heterocycles. The van der Waals surface area contributed by atoms with E-state index < -0.39 is 12.1 Å². The molecular weight excluding hydrogens is 308 g/mol. The zero-order valence-corrected chi connectivity index (χ0v) is 14.3. The van der Waals surface area contributed by atoms with Gasteiger partial charge >= 0.3 is 6.09 Å². The third kappa shape index (κ3) is 4.96. The van der Waals surface area contributed by atoms with Crippen molar-refractivity contribution < 1.29 is 19.4 Å². The maximum absolute atomic E-state index is 12.7. The first-order chi connectivity index (χ1) is 11.5. The average Bonchev–Trinajstić information content (AvgIpc) is 3.01. The van der Waals surface area contributed by atoms with Crippen LogP contribution in [0.4, 0.5) is 4.79 Å². The Morgan fingerprint density at radius 1 is 1.33 bits per heavy atom. The highest BCUT2D eigenvalue weighted by molar-refractivity contribution is 5.86. The first kappa shape index (κ1) is 18.3. The van der Waals surface area contributed by atoms with Gasteiger partial charge in [0, 0.05) is 6.54 Å². The van der Waals surface area contributed by atoms with Crippen LogP contribution in [0.5, 0.6) is 0 Å². The Balaban J connectivity index is 1.91. The van der Waals surface area contributed by atoms with Crippen LogP contribution in [-0.4, -0.2) is 47.2 Å². The SMILES string of the molecule is CC(C)C(NC(=O)O)C(=O)N1CCCC1COCc1ccccc1. The average molecular weight is 334 g/mol. The number of benzene rings is 1. The monoisotopic (exact) mass is 334 g/mol. The van der Waals surface area contributed by atoms with E-state index in [-0.39, 0.29) is 17.9 Å². The second-order valence-corrected chi connectivity index (χ2v) is 6.50. The highest BCUT2D eigenvalue weighted by Crippen LogP contribution is 2.21. The summed E-state index contributed by atoms with van der Waals surface area (Å²) in [6.07, 6.45) is 0.639. The van der Waals surface area contributed by atoms with Crippen LogP contribution in [-0.2, 0) is 16.1 Å². The summed E-state index contributed by atoms with van der Waals surface area (Å²) in [5.41, 5.74) is 1.10. The van der Waals surface area contributed by atoms with E-state index >= 15 is 0 Å². The van der Waals surface area contributed by atoms with Crippen molar-refractivity contribution in [2.24, 2.45) is 5.92 Å². The zero-order chi connectivity index (χ0) is 17.5. The highest BCUT2D eigenvalue weighted by Gasteiger charge is 2.35. The van der Waals surface area contributed by atoms with Crippen LogP contribution < -0.4 is 5.32 Å². The molecule has 0 radical (unpaired) electrons. The van der Waals surface area contributed by atoms with E-state index in [1.54, 1.807) is 4.90 Å². The number of carbonyl (C=O) groups is 2. The van der Waals surface area contributed by atoms with Gasteiger partial charge in [0.05, 0.1) is 19.3 Å². The van der Waals surface area contributed by atoms with Gasteiger partial charge in [-0.05, 0) is 24.3 Å². The van der Waals surface area contributed by atoms with Gasteiger partial charge in [-0.25, -0.2) is 4.79 Å². The number of hydrogen-bond donors (Lipinski definition) is 2. The van der Waals surface area contributed by atoms with Gasteiger partial charge in [0.2, 0.25) is 5.91 Å². The number of ether oxygens (including phenoxy) is 1. The zero-order valence-electron chi connectivity index (χ0n) is 14.3. The lowest BCUT2D eigenvalue weighted by molar-refractivity contribution is -0.136. The van der Waals surface area contributed by atoms with E-state index in [9.17, 15) is 9.59 Å². The number of nitrogens with zero attached hydrogens (tertiary/aromatic N) is 1. The Labute approximate surface area is 142 Å². The van der Waals surface area contributed by atoms with E-state index in [1.165, 1.54) is 0 Å². The Hall–Kier alpha value is -2.08. The molecule has 0 aromatic heterocycles. The van der Waals surface area contributed by atoms with E-state index in [1.807, 2.05) is 44.2 Å². The van der Waals surface area contributed by atoms with Crippen LogP contribution in [0.25, 0.3) is 0 Å². The first-order valence-electron chi connectivity index (χ1n) is 8.40. The molecule has 0 saturated carbocycles. The molecule has 0 bridgehead atoms. The number of amides is 2. The molecule has 2 N–H and O–H groups in total. The summed E-state index contributed by atoms with van der Waals surface area (Å²) in [5.74, 6) is -0.252. The molecule has 6 heteroatoms. The third-order valence-electron chi connectivity index (χ3n) is 4.29. The number of likely N-dealkylation sites (tertiary alicyclic amines) is 1. The fourth-order valence-electron chi connectivity index (χ4n) is 3.01. The molecular formula is C18H26N2O4. The van der Waals surface area contributed by atoms with Crippen molar-refractivity contribution in [2.45, 2.75) is 45.4 Å². The van der Waals surface area contributed by atoms with E-state index in [0.29, 0.717) is 19.8 Å². The predicted octanol–water partition coefficient (Wildman–Crippen LogP) is 2.49. The molecule has 1 fully saturated rings. The lowest BCUT2D eigenvalue weighted by Gasteiger charge is -2.30. The highest BCUT2D eigenvalue weighted by atomic mass is 16.5. The van der Waals surface area contributed by atoms with E-state index in [4.69, 9.17) is 9.84 Å². The summed E-state index contributed by atoms with van der Waals surface area (Å²) < 4.78 is 5.77. The van der Waals surface area contributed by atoms with Gasteiger partial charge in [-0.15, -0.1) is 0 Å². The van der Waals surface area contributed by atoms with E-state index in [0.717, 1.165) is 18.4 Å². The Morgan fingerprint density at radius 2 is 2.04 bits per heavy atom. The van der Waals surface area contributed by atoms with Crippen molar-refractivity contribution in [3.05, 3.63) is 35.9 Å². The topological polar surface area (TPSA) is 78.9 Å². The number of rotatable bonds is 7. The van der Waals surface area contributed by atoms with Gasteiger partial charge in [-0.3, -0.25) is 4.79 Å². The summed E-state index contributed by atoms with van der Waals surface area (Å²) in [4.78, 5) is 25.4. The molecule has 2 atom stereocenters. The second-order valence-electron chi connectivity index (χ2n) is 6.50. The molecule has 0 aliphatic carbocycles. The predicted molar refractivity (Wildman–Crippen MR) is 90.6 cm³/mol. The van der Waals surface area contributed by atoms with Crippen LogP contribution >= 0.6 is 0 Å². The molecule has 1 heterocycles. The van der Waals surface area contributed by atoms with Crippen LogP contribution in [0, 0.1) is 5.92 Å². The summed E-state index contributed by atoms with van der Waals surface area (Å²) in [5, 5.41) is 11.3. The number of nitrogens with one attached hydrogen (secondary N) is 1. The minimum absolute atomic E-state index is 0.0121. The van der Waals surface area contributed by atoms with Gasteiger partial charge in [-0.1, -0.05) is 44.2 Å². The minimum Gasteiger partial charge on any atom is -0.465 e. The van der Waals surface area contributed by atoms with Crippen LogP contribution in [0.1, 0.15) is 32.3 Å². The standard InChI is InChI=1S/C18H26N2O4/c1-13(2)16(19-18(22)23)17(21)20-10-6-9-15(20)12-24-11-14-7-4-3-5-8-14/h3-5,7-8,13,15-16,19H,6,9-12H2,1-2H3,(H,22,23). The summed E-state index contributed by atoms with van der Waals surface area (Å²) in [6, 6.07) is 9.20. The van der Waals surface area contributed by atoms with Crippen molar-refractivity contribution in [3.8, 4) is 0 Å². The maximum atomic E-state index is 12.7. The molecule has 0 spiro atoms. The van der Waals surface area contributed by atoms with E-state index in [2.05, 4.69) is 5.32 Å². The largest absolute Gasteiger partial charge is 0.465 e. The van der Waals surface area contributed by atoms with Crippen molar-refractivity contribution in [2.75, 3.05) is 13.2 Å². The quantitative estimate of drug-likeness (QED) is 0.803. The summed E-state index contributed by atoms with van der Waals surface area (Å²) in [6.45, 7) is 5.33. The summed E-state index contributed by atoms with van der Waals surface area (Å²) >= 11 is 0. The van der Waals surface area contributed by atoms with Crippen molar-refractivity contribution >= 4 is 12.0 Å². The van der Waals surface area contributed by atoms with Gasteiger partial charge in [0.15, 0.2) is 0 Å². The molecule has 132 valence electrons. The summed E-state index contributed by atoms with van der Waals surface area (Å²) in [7, 11) is 0. The van der Waals surface area contributed by atoms with Gasteiger partial charge in [0.25, 0.3) is 0 Å². The van der Waals surface area contributed by atoms with Gasteiger partial charge < -0.3 is 20.1 Å². The van der Waals surface area contributed by atoms with Crippen LogP contribution in [0.2, 0.25) is 0 Å².